The molecule has 0 unspecified atom stereocenters. The molecule has 2 aromatic heterocycles. The molecule has 2 heterocycles. The highest BCUT2D eigenvalue weighted by Gasteiger charge is 2.21. The predicted octanol–water partition coefficient (Wildman–Crippen LogP) is 15.6. The molecule has 10 rings (SSSR count). The van der Waals surface area contributed by atoms with Crippen LogP contribution in [0, 0.1) is 0 Å². The molecule has 0 aliphatic heterocycles. The van der Waals surface area contributed by atoms with Gasteiger partial charge in [0.25, 0.3) is 0 Å². The van der Waals surface area contributed by atoms with Gasteiger partial charge in [0.1, 0.15) is 0 Å². The van der Waals surface area contributed by atoms with Crippen LogP contribution >= 0.6 is 0 Å². The van der Waals surface area contributed by atoms with Crippen molar-refractivity contribution < 1.29 is 0 Å². The van der Waals surface area contributed by atoms with Crippen LogP contribution in [0.3, 0.4) is 0 Å². The normalized spacial score (nSPS) is 11.7. The number of para-hydroxylation sites is 2. The Kier molecular flexibility index (Phi) is 9.47. The number of aryl methyl sites for hydroxylation is 2. The Bertz CT molecular complexity index is 3070. The number of nitrogens with zero attached hydrogens (tertiary/aromatic N) is 2. The van der Waals surface area contributed by atoms with Crippen LogP contribution in [0.15, 0.2) is 182 Å². The van der Waals surface area contributed by atoms with Crippen LogP contribution in [-0.2, 0) is 12.8 Å². The number of benzene rings is 8. The minimum atomic E-state index is 1.12. The van der Waals surface area contributed by atoms with Crippen molar-refractivity contribution >= 4 is 43.6 Å². The summed E-state index contributed by atoms with van der Waals surface area (Å²) in [6.07, 6.45) is 7.14. The van der Waals surface area contributed by atoms with E-state index in [0.29, 0.717) is 0 Å². The SMILES string of the molecule is CCCCc1ccc(-c2ccc(-n3c4ccccc4c4c3ccc3c5ccccc5n(-c5cccc(-c6cccc(-c7cccc(CCCC)c7)c6)c5)c34)cc2)cc1. The third kappa shape index (κ3) is 6.39. The highest BCUT2D eigenvalue weighted by atomic mass is 15.0. The van der Waals surface area contributed by atoms with Gasteiger partial charge in [0, 0.05) is 32.9 Å². The minimum Gasteiger partial charge on any atom is -0.309 e. The molecule has 0 spiro atoms. The topological polar surface area (TPSA) is 9.86 Å². The lowest BCUT2D eigenvalue weighted by Gasteiger charge is -2.13. The molecular weight excluding hydrogens is 701 g/mol. The van der Waals surface area contributed by atoms with Crippen molar-refractivity contribution in [3.05, 3.63) is 193 Å². The lowest BCUT2D eigenvalue weighted by Crippen LogP contribution is -1.96. The van der Waals surface area contributed by atoms with Crippen molar-refractivity contribution in [1.29, 1.82) is 0 Å². The molecule has 0 fully saturated rings. The number of rotatable bonds is 11. The van der Waals surface area contributed by atoms with Crippen molar-refractivity contribution in [2.24, 2.45) is 0 Å². The van der Waals surface area contributed by atoms with Gasteiger partial charge in [-0.3, -0.25) is 0 Å². The second kappa shape index (κ2) is 15.4. The molecule has 0 radical (unpaired) electrons. The van der Waals surface area contributed by atoms with Crippen LogP contribution in [0.1, 0.15) is 50.7 Å². The Morgan fingerprint density at radius 2 is 0.914 bits per heavy atom. The maximum Gasteiger partial charge on any atom is 0.0641 e. The highest BCUT2D eigenvalue weighted by molar-refractivity contribution is 6.26. The van der Waals surface area contributed by atoms with Crippen molar-refractivity contribution in [1.82, 2.24) is 9.13 Å². The van der Waals surface area contributed by atoms with Crippen LogP contribution in [0.4, 0.5) is 0 Å². The number of hydrogen-bond acceptors (Lipinski definition) is 0. The van der Waals surface area contributed by atoms with E-state index in [1.54, 1.807) is 0 Å². The molecule has 0 saturated heterocycles. The quantitative estimate of drug-likeness (QED) is 0.125. The molecule has 0 aliphatic rings. The van der Waals surface area contributed by atoms with Crippen LogP contribution in [0.2, 0.25) is 0 Å². The fraction of sp³-hybridized carbons (Fsp3) is 0.143. The van der Waals surface area contributed by atoms with Gasteiger partial charge in [0.15, 0.2) is 0 Å². The molecule has 8 aromatic carbocycles. The molecule has 282 valence electrons. The summed E-state index contributed by atoms with van der Waals surface area (Å²) in [4.78, 5) is 0. The summed E-state index contributed by atoms with van der Waals surface area (Å²) < 4.78 is 4.95. The van der Waals surface area contributed by atoms with E-state index in [1.165, 1.54) is 114 Å². The number of aromatic nitrogens is 2. The first-order valence-electron chi connectivity index (χ1n) is 21.1. The van der Waals surface area contributed by atoms with Gasteiger partial charge in [-0.25, -0.2) is 0 Å². The van der Waals surface area contributed by atoms with E-state index in [1.807, 2.05) is 0 Å². The summed E-state index contributed by atoms with van der Waals surface area (Å²) in [6.45, 7) is 4.51. The molecule has 10 aromatic rings. The maximum absolute atomic E-state index is 2.50. The summed E-state index contributed by atoms with van der Waals surface area (Å²) in [5, 5.41) is 5.05. The Morgan fingerprint density at radius 1 is 0.345 bits per heavy atom. The van der Waals surface area contributed by atoms with E-state index in [9.17, 15) is 0 Å². The molecule has 2 nitrogen and oxygen atoms in total. The summed E-state index contributed by atoms with van der Waals surface area (Å²) in [5.74, 6) is 0. The van der Waals surface area contributed by atoms with Gasteiger partial charge in [-0.1, -0.05) is 160 Å². The van der Waals surface area contributed by atoms with Crippen LogP contribution < -0.4 is 0 Å². The molecule has 0 atom stereocenters. The molecule has 2 heteroatoms. The molecule has 58 heavy (non-hydrogen) atoms. The molecule has 0 bridgehead atoms. The van der Waals surface area contributed by atoms with Crippen molar-refractivity contribution in [3.8, 4) is 44.8 Å². The lowest BCUT2D eigenvalue weighted by molar-refractivity contribution is 0.795. The van der Waals surface area contributed by atoms with Gasteiger partial charge in [-0.05, 0) is 119 Å². The Morgan fingerprint density at radius 3 is 1.62 bits per heavy atom. The van der Waals surface area contributed by atoms with Gasteiger partial charge in [0.2, 0.25) is 0 Å². The third-order valence-electron chi connectivity index (χ3n) is 12.1. The van der Waals surface area contributed by atoms with Gasteiger partial charge in [-0.2, -0.15) is 0 Å². The van der Waals surface area contributed by atoms with E-state index >= 15 is 0 Å². The third-order valence-corrected chi connectivity index (χ3v) is 12.1. The Labute approximate surface area is 341 Å². The Balaban J connectivity index is 1.11. The van der Waals surface area contributed by atoms with E-state index in [4.69, 9.17) is 0 Å². The average Bonchev–Trinajstić information content (AvgIpc) is 3.81. The lowest BCUT2D eigenvalue weighted by atomic mass is 9.97. The zero-order valence-corrected chi connectivity index (χ0v) is 33.5. The van der Waals surface area contributed by atoms with E-state index in [2.05, 4.69) is 205 Å². The van der Waals surface area contributed by atoms with E-state index < -0.39 is 0 Å². The van der Waals surface area contributed by atoms with Gasteiger partial charge in [0.05, 0.1) is 22.1 Å². The number of unbranched alkanes of at least 4 members (excludes halogenated alkanes) is 2. The fourth-order valence-electron chi connectivity index (χ4n) is 9.09. The van der Waals surface area contributed by atoms with Crippen LogP contribution in [0.5, 0.6) is 0 Å². The molecule has 0 amide bonds. The second-order valence-electron chi connectivity index (χ2n) is 15.8. The van der Waals surface area contributed by atoms with Crippen LogP contribution in [0.25, 0.3) is 88.4 Å². The largest absolute Gasteiger partial charge is 0.309 e. The molecule has 0 saturated carbocycles. The van der Waals surface area contributed by atoms with Crippen LogP contribution in [-0.4, -0.2) is 9.13 Å². The van der Waals surface area contributed by atoms with E-state index in [-0.39, 0.29) is 0 Å². The maximum atomic E-state index is 2.50. The second-order valence-corrected chi connectivity index (χ2v) is 15.8. The van der Waals surface area contributed by atoms with Crippen molar-refractivity contribution in [3.63, 3.8) is 0 Å². The fourth-order valence-corrected chi connectivity index (χ4v) is 9.09. The molecule has 0 aliphatic carbocycles. The summed E-state index contributed by atoms with van der Waals surface area (Å²) in [6, 6.07) is 67.9. The first kappa shape index (κ1) is 35.8. The average molecular weight is 749 g/mol. The zero-order chi connectivity index (χ0) is 39.0. The minimum absolute atomic E-state index is 1.12. The van der Waals surface area contributed by atoms with Gasteiger partial charge >= 0.3 is 0 Å². The monoisotopic (exact) mass is 748 g/mol. The van der Waals surface area contributed by atoms with Gasteiger partial charge < -0.3 is 9.13 Å². The van der Waals surface area contributed by atoms with E-state index in [0.717, 1.165) is 24.2 Å². The smallest absolute Gasteiger partial charge is 0.0641 e. The number of hydrogen-bond donors (Lipinski definition) is 0. The van der Waals surface area contributed by atoms with Gasteiger partial charge in [-0.15, -0.1) is 0 Å². The van der Waals surface area contributed by atoms with Crippen molar-refractivity contribution in [2.45, 2.75) is 52.4 Å². The molecular formula is C56H48N2. The number of fused-ring (bicyclic) bond motifs is 7. The summed E-state index contributed by atoms with van der Waals surface area (Å²) in [7, 11) is 0. The first-order valence-corrected chi connectivity index (χ1v) is 21.1. The standard InChI is InChI=1S/C56H48N2/c1-3-5-14-39-26-28-41(29-27-39)42-30-32-47(33-31-42)57-53-25-10-8-23-51(53)55-54(57)35-34-50-49-22-7-9-24-52(49)58(56(50)55)48-21-13-20-46(38-48)45-19-12-18-44(37-45)43-17-11-16-40(36-43)15-6-4-2/h7-13,16-38H,3-6,14-15H2,1-2H3. The zero-order valence-electron chi connectivity index (χ0n) is 33.5. The predicted molar refractivity (Wildman–Crippen MR) is 249 cm³/mol. The first-order chi connectivity index (χ1) is 28.7. The molecule has 0 N–H and O–H groups in total. The summed E-state index contributed by atoms with van der Waals surface area (Å²) in [5.41, 5.74) is 17.4. The summed E-state index contributed by atoms with van der Waals surface area (Å²) >= 11 is 0. The highest BCUT2D eigenvalue weighted by Crippen LogP contribution is 2.42. The van der Waals surface area contributed by atoms with Crippen molar-refractivity contribution in [2.75, 3.05) is 0 Å². The Hall–Kier alpha value is -6.64.